The van der Waals surface area contributed by atoms with Crippen LogP contribution in [0.25, 0.3) is 0 Å². The van der Waals surface area contributed by atoms with Crippen molar-refractivity contribution >= 4 is 12.4 Å². The fourth-order valence-corrected chi connectivity index (χ4v) is 1.20. The first-order valence-electron chi connectivity index (χ1n) is 4.30. The molecule has 0 saturated heterocycles. The first-order valence-corrected chi connectivity index (χ1v) is 4.30. The molecule has 0 aliphatic carbocycles. The fraction of sp³-hybridized carbons (Fsp3) is 0.200. The van der Waals surface area contributed by atoms with Gasteiger partial charge in [0, 0.05) is 0 Å². The van der Waals surface area contributed by atoms with Gasteiger partial charge in [0.25, 0.3) is 0 Å². The van der Waals surface area contributed by atoms with E-state index in [1.54, 1.807) is 30.3 Å². The molecule has 15 heavy (non-hydrogen) atoms. The maximum absolute atomic E-state index is 10.6. The van der Waals surface area contributed by atoms with Gasteiger partial charge in [0.2, 0.25) is 6.41 Å². The molecular weight excluding hydrogens is 198 g/mol. The van der Waals surface area contributed by atoms with E-state index in [-0.39, 0.29) is 6.41 Å². The van der Waals surface area contributed by atoms with Crippen molar-refractivity contribution in [3.63, 3.8) is 0 Å². The Morgan fingerprint density at radius 3 is 2.47 bits per heavy atom. The number of amides is 1. The van der Waals surface area contributed by atoms with E-state index in [1.807, 2.05) is 5.32 Å². The van der Waals surface area contributed by atoms with Gasteiger partial charge in [-0.1, -0.05) is 30.3 Å². The lowest BCUT2D eigenvalue weighted by molar-refractivity contribution is -0.310. The Labute approximate surface area is 86.4 Å². The Bertz CT molecular complexity index is 339. The maximum atomic E-state index is 10.6. The normalized spacial score (nSPS) is 13.9. The molecule has 0 saturated carbocycles. The maximum Gasteiger partial charge on any atom is 0.207 e. The number of carboxylic acids is 1. The number of carbonyl (C=O) groups excluding carboxylic acids is 2. The summed E-state index contributed by atoms with van der Waals surface area (Å²) in [6.45, 7) is 0. The van der Waals surface area contributed by atoms with Gasteiger partial charge in [-0.05, 0) is 5.56 Å². The molecule has 1 rings (SSSR count). The molecule has 0 fully saturated rings. The number of carbonyl (C=O) groups is 2. The smallest absolute Gasteiger partial charge is 0.207 e. The summed E-state index contributed by atoms with van der Waals surface area (Å²) in [5.74, 6) is -1.53. The van der Waals surface area contributed by atoms with Gasteiger partial charge in [0.15, 0.2) is 0 Å². The molecule has 2 N–H and O–H groups in total. The molecular formula is C10H10NO4-. The Kier molecular flexibility index (Phi) is 3.82. The molecule has 5 nitrogen and oxygen atoms in total. The fourth-order valence-electron chi connectivity index (χ4n) is 1.20. The summed E-state index contributed by atoms with van der Waals surface area (Å²) in [6.07, 6.45) is -1.10. The molecule has 2 atom stereocenters. The number of aliphatic hydroxyl groups is 1. The van der Waals surface area contributed by atoms with Crippen molar-refractivity contribution in [1.29, 1.82) is 0 Å². The van der Waals surface area contributed by atoms with E-state index in [9.17, 15) is 19.8 Å². The molecule has 1 aromatic carbocycles. The van der Waals surface area contributed by atoms with Crippen LogP contribution in [0.2, 0.25) is 0 Å². The lowest BCUT2D eigenvalue weighted by Crippen LogP contribution is -2.48. The van der Waals surface area contributed by atoms with Crippen LogP contribution in [0.3, 0.4) is 0 Å². The Hall–Kier alpha value is -1.88. The van der Waals surface area contributed by atoms with Crippen LogP contribution in [0, 0.1) is 0 Å². The number of aliphatic hydroxyl groups excluding tert-OH is 1. The van der Waals surface area contributed by atoms with E-state index in [0.717, 1.165) is 0 Å². The summed E-state index contributed by atoms with van der Waals surface area (Å²) in [6, 6.07) is 6.74. The van der Waals surface area contributed by atoms with Crippen LogP contribution < -0.4 is 10.4 Å². The molecule has 0 aromatic heterocycles. The molecule has 5 heteroatoms. The van der Waals surface area contributed by atoms with E-state index in [0.29, 0.717) is 5.56 Å². The molecule has 0 bridgehead atoms. The summed E-state index contributed by atoms with van der Waals surface area (Å²) >= 11 is 0. The number of benzene rings is 1. The summed E-state index contributed by atoms with van der Waals surface area (Å²) in [4.78, 5) is 20.8. The van der Waals surface area contributed by atoms with Crippen LogP contribution in [0.4, 0.5) is 0 Å². The van der Waals surface area contributed by atoms with Gasteiger partial charge in [-0.2, -0.15) is 0 Å². The quantitative estimate of drug-likeness (QED) is 0.581. The number of hydrogen-bond acceptors (Lipinski definition) is 4. The van der Waals surface area contributed by atoms with Crippen molar-refractivity contribution in [2.75, 3.05) is 0 Å². The highest BCUT2D eigenvalue weighted by atomic mass is 16.4. The molecule has 0 spiro atoms. The molecule has 0 radical (unpaired) electrons. The number of rotatable bonds is 5. The standard InChI is InChI=1S/C10H11NO4/c12-6-11-8(10(14)15)9(13)7-4-2-1-3-5-7/h1-6,8-9,13H,(H,11,12)(H,14,15)/p-1/t8-,9+/m1/s1. The Morgan fingerprint density at radius 2 is 2.00 bits per heavy atom. The predicted octanol–water partition coefficient (Wildman–Crippen LogP) is -1.42. The van der Waals surface area contributed by atoms with Crippen LogP contribution >= 0.6 is 0 Å². The van der Waals surface area contributed by atoms with Gasteiger partial charge in [-0.15, -0.1) is 0 Å². The number of hydrogen-bond donors (Lipinski definition) is 2. The first kappa shape index (κ1) is 11.2. The van der Waals surface area contributed by atoms with Gasteiger partial charge in [0.1, 0.15) is 6.10 Å². The van der Waals surface area contributed by atoms with Crippen LogP contribution in [0.1, 0.15) is 11.7 Å². The van der Waals surface area contributed by atoms with Gasteiger partial charge in [0.05, 0.1) is 12.0 Å². The summed E-state index contributed by atoms with van der Waals surface area (Å²) < 4.78 is 0. The highest BCUT2D eigenvalue weighted by molar-refractivity contribution is 5.75. The van der Waals surface area contributed by atoms with Crippen molar-refractivity contribution in [2.24, 2.45) is 0 Å². The topological polar surface area (TPSA) is 89.5 Å². The van der Waals surface area contributed by atoms with E-state index in [4.69, 9.17) is 0 Å². The third-order valence-corrected chi connectivity index (χ3v) is 1.96. The van der Waals surface area contributed by atoms with Crippen LogP contribution in [0.15, 0.2) is 30.3 Å². The monoisotopic (exact) mass is 208 g/mol. The third-order valence-electron chi connectivity index (χ3n) is 1.96. The number of carboxylic acid groups (broad SMARTS) is 1. The Balaban J connectivity index is 2.85. The zero-order valence-electron chi connectivity index (χ0n) is 7.79. The summed E-state index contributed by atoms with van der Waals surface area (Å²) in [5.41, 5.74) is 0.404. The van der Waals surface area contributed by atoms with Crippen LogP contribution in [-0.2, 0) is 9.59 Å². The first-order chi connectivity index (χ1) is 7.16. The lowest BCUT2D eigenvalue weighted by Gasteiger charge is -2.23. The molecule has 0 aliphatic heterocycles. The summed E-state index contributed by atoms with van der Waals surface area (Å²) in [5, 5.41) is 22.2. The average Bonchev–Trinajstić information content (AvgIpc) is 2.26. The van der Waals surface area contributed by atoms with E-state index in [1.165, 1.54) is 0 Å². The molecule has 0 unspecified atom stereocenters. The average molecular weight is 208 g/mol. The second kappa shape index (κ2) is 5.11. The van der Waals surface area contributed by atoms with Gasteiger partial charge < -0.3 is 20.3 Å². The molecule has 1 aromatic rings. The third kappa shape index (κ3) is 2.78. The van der Waals surface area contributed by atoms with Crippen molar-refractivity contribution in [1.82, 2.24) is 5.32 Å². The van der Waals surface area contributed by atoms with E-state index in [2.05, 4.69) is 0 Å². The Morgan fingerprint density at radius 1 is 1.40 bits per heavy atom. The van der Waals surface area contributed by atoms with Crippen molar-refractivity contribution < 1.29 is 19.8 Å². The molecule has 0 heterocycles. The van der Waals surface area contributed by atoms with Crippen molar-refractivity contribution in [2.45, 2.75) is 12.1 Å². The number of aliphatic carboxylic acids is 1. The zero-order valence-corrected chi connectivity index (χ0v) is 7.79. The minimum absolute atomic E-state index is 0.215. The van der Waals surface area contributed by atoms with Crippen molar-refractivity contribution in [3.8, 4) is 0 Å². The van der Waals surface area contributed by atoms with Gasteiger partial charge in [-0.3, -0.25) is 4.79 Å². The second-order valence-electron chi connectivity index (χ2n) is 2.94. The molecule has 80 valence electrons. The summed E-state index contributed by atoms with van der Waals surface area (Å²) in [7, 11) is 0. The van der Waals surface area contributed by atoms with Gasteiger partial charge in [-0.25, -0.2) is 0 Å². The van der Waals surface area contributed by atoms with Crippen LogP contribution in [0.5, 0.6) is 0 Å². The zero-order chi connectivity index (χ0) is 11.3. The number of nitrogens with one attached hydrogen (secondary N) is 1. The predicted molar refractivity (Wildman–Crippen MR) is 49.4 cm³/mol. The highest BCUT2D eigenvalue weighted by Gasteiger charge is 2.20. The van der Waals surface area contributed by atoms with Crippen molar-refractivity contribution in [3.05, 3.63) is 35.9 Å². The lowest BCUT2D eigenvalue weighted by atomic mass is 10.0. The SMILES string of the molecule is O=CN[C@@H](C(=O)[O-])[C@@H](O)c1ccccc1. The van der Waals surface area contributed by atoms with E-state index < -0.39 is 18.1 Å². The molecule has 0 aliphatic rings. The van der Waals surface area contributed by atoms with Gasteiger partial charge >= 0.3 is 0 Å². The van der Waals surface area contributed by atoms with E-state index >= 15 is 0 Å². The highest BCUT2D eigenvalue weighted by Crippen LogP contribution is 2.15. The minimum atomic E-state index is -1.53. The second-order valence-corrected chi connectivity index (χ2v) is 2.94. The molecule has 1 amide bonds. The van der Waals surface area contributed by atoms with Crippen LogP contribution in [-0.4, -0.2) is 23.5 Å². The largest absolute Gasteiger partial charge is 0.548 e. The minimum Gasteiger partial charge on any atom is -0.548 e.